The van der Waals surface area contributed by atoms with Crippen molar-refractivity contribution in [3.05, 3.63) is 23.3 Å². The summed E-state index contributed by atoms with van der Waals surface area (Å²) in [7, 11) is 0. The molecular formula is C11H12O5. The molecule has 0 aromatic rings. The molecule has 5 nitrogen and oxygen atoms in total. The van der Waals surface area contributed by atoms with Crippen molar-refractivity contribution in [1.82, 2.24) is 0 Å². The first-order chi connectivity index (χ1) is 7.56. The maximum atomic E-state index is 11.2. The molecule has 0 bridgehead atoms. The van der Waals surface area contributed by atoms with E-state index in [4.69, 9.17) is 5.11 Å². The summed E-state index contributed by atoms with van der Waals surface area (Å²) in [6.07, 6.45) is 4.34. The van der Waals surface area contributed by atoms with Gasteiger partial charge in [-0.05, 0) is 6.42 Å². The Bertz CT molecular complexity index is 389. The number of carbonyl (C=O) groups excluding carboxylic acids is 2. The highest BCUT2D eigenvalue weighted by Gasteiger charge is 2.32. The average molecular weight is 224 g/mol. The fraction of sp³-hybridized carbons (Fsp3) is 0.364. The molecule has 1 aliphatic rings. The van der Waals surface area contributed by atoms with E-state index in [9.17, 15) is 14.4 Å². The third-order valence-corrected chi connectivity index (χ3v) is 2.04. The zero-order valence-corrected chi connectivity index (χ0v) is 8.86. The van der Waals surface area contributed by atoms with Gasteiger partial charge in [-0.2, -0.15) is 0 Å². The van der Waals surface area contributed by atoms with E-state index in [1.165, 1.54) is 6.08 Å². The highest BCUT2D eigenvalue weighted by molar-refractivity contribution is 6.15. The number of ether oxygens (including phenoxy) is 1. The van der Waals surface area contributed by atoms with Gasteiger partial charge in [0.2, 0.25) is 0 Å². The molecule has 5 heteroatoms. The molecule has 0 aromatic carbocycles. The van der Waals surface area contributed by atoms with Gasteiger partial charge in [0.25, 0.3) is 0 Å². The first kappa shape index (κ1) is 12.2. The lowest BCUT2D eigenvalue weighted by atomic mass is 10.1. The first-order valence-electron chi connectivity index (χ1n) is 4.94. The summed E-state index contributed by atoms with van der Waals surface area (Å²) in [6.45, 7) is 1.97. The van der Waals surface area contributed by atoms with Gasteiger partial charge in [0.05, 0.1) is 17.6 Å². The topological polar surface area (TPSA) is 80.7 Å². The SMILES string of the molecule is CCC/C=C/C1=C(CC(=O)O)C(=O)OC1=O. The number of unbranched alkanes of at least 4 members (excludes halogenated alkanes) is 1. The largest absolute Gasteiger partial charge is 0.481 e. The minimum atomic E-state index is -1.16. The Morgan fingerprint density at radius 1 is 1.38 bits per heavy atom. The second-order valence-electron chi connectivity index (χ2n) is 3.33. The highest BCUT2D eigenvalue weighted by Crippen LogP contribution is 2.21. The smallest absolute Gasteiger partial charge is 0.346 e. The molecule has 0 amide bonds. The van der Waals surface area contributed by atoms with Gasteiger partial charge in [-0.1, -0.05) is 25.5 Å². The van der Waals surface area contributed by atoms with Gasteiger partial charge in [0.1, 0.15) is 0 Å². The third-order valence-electron chi connectivity index (χ3n) is 2.04. The number of cyclic esters (lactones) is 2. The monoisotopic (exact) mass is 224 g/mol. The Hall–Kier alpha value is -1.91. The van der Waals surface area contributed by atoms with E-state index in [1.54, 1.807) is 6.08 Å². The van der Waals surface area contributed by atoms with Crippen molar-refractivity contribution < 1.29 is 24.2 Å². The Morgan fingerprint density at radius 2 is 2.06 bits per heavy atom. The number of carboxylic acid groups (broad SMARTS) is 1. The Balaban J connectivity index is 2.94. The Labute approximate surface area is 92.4 Å². The minimum Gasteiger partial charge on any atom is -0.481 e. The molecule has 0 saturated heterocycles. The van der Waals surface area contributed by atoms with Crippen LogP contribution >= 0.6 is 0 Å². The zero-order valence-electron chi connectivity index (χ0n) is 8.86. The number of hydrogen-bond donors (Lipinski definition) is 1. The summed E-state index contributed by atoms with van der Waals surface area (Å²) in [5.41, 5.74) is -0.0225. The van der Waals surface area contributed by atoms with Gasteiger partial charge in [-0.3, -0.25) is 4.79 Å². The molecule has 1 rings (SSSR count). The number of esters is 2. The summed E-state index contributed by atoms with van der Waals surface area (Å²) in [5.74, 6) is -2.79. The maximum Gasteiger partial charge on any atom is 0.346 e. The second-order valence-corrected chi connectivity index (χ2v) is 3.33. The van der Waals surface area contributed by atoms with Crippen LogP contribution in [-0.4, -0.2) is 23.0 Å². The van der Waals surface area contributed by atoms with E-state index in [1.807, 2.05) is 6.92 Å². The molecule has 0 spiro atoms. The number of carboxylic acids is 1. The van der Waals surface area contributed by atoms with Crippen LogP contribution in [0.2, 0.25) is 0 Å². The molecule has 0 radical (unpaired) electrons. The molecule has 0 atom stereocenters. The summed E-state index contributed by atoms with van der Waals surface area (Å²) in [6, 6.07) is 0. The molecule has 0 fully saturated rings. The molecular weight excluding hydrogens is 212 g/mol. The molecule has 1 heterocycles. The summed E-state index contributed by atoms with van der Waals surface area (Å²) < 4.78 is 4.35. The van der Waals surface area contributed by atoms with Gasteiger partial charge in [0.15, 0.2) is 0 Å². The van der Waals surface area contributed by atoms with E-state index in [2.05, 4.69) is 4.74 Å². The van der Waals surface area contributed by atoms with Crippen molar-refractivity contribution in [2.45, 2.75) is 26.2 Å². The van der Waals surface area contributed by atoms with Crippen molar-refractivity contribution in [3.63, 3.8) is 0 Å². The van der Waals surface area contributed by atoms with Gasteiger partial charge >= 0.3 is 17.9 Å². The number of hydrogen-bond acceptors (Lipinski definition) is 4. The van der Waals surface area contributed by atoms with Crippen molar-refractivity contribution in [1.29, 1.82) is 0 Å². The second kappa shape index (κ2) is 5.25. The molecule has 0 aromatic heterocycles. The highest BCUT2D eigenvalue weighted by atomic mass is 16.6. The van der Waals surface area contributed by atoms with Gasteiger partial charge in [0, 0.05) is 0 Å². The first-order valence-corrected chi connectivity index (χ1v) is 4.94. The van der Waals surface area contributed by atoms with Crippen LogP contribution in [0, 0.1) is 0 Å². The van der Waals surface area contributed by atoms with E-state index >= 15 is 0 Å². The molecule has 16 heavy (non-hydrogen) atoms. The lowest BCUT2D eigenvalue weighted by Gasteiger charge is -1.93. The Kier molecular flexibility index (Phi) is 3.99. The van der Waals surface area contributed by atoms with Crippen LogP contribution < -0.4 is 0 Å². The van der Waals surface area contributed by atoms with Gasteiger partial charge < -0.3 is 9.84 Å². The number of rotatable bonds is 5. The van der Waals surface area contributed by atoms with Crippen LogP contribution in [0.15, 0.2) is 23.3 Å². The Morgan fingerprint density at radius 3 is 2.62 bits per heavy atom. The molecule has 0 saturated carbocycles. The van der Waals surface area contributed by atoms with Gasteiger partial charge in [-0.15, -0.1) is 0 Å². The van der Waals surface area contributed by atoms with Crippen molar-refractivity contribution >= 4 is 17.9 Å². The fourth-order valence-corrected chi connectivity index (χ4v) is 1.29. The van der Waals surface area contributed by atoms with Crippen LogP contribution in [0.3, 0.4) is 0 Å². The maximum absolute atomic E-state index is 11.2. The summed E-state index contributed by atoms with van der Waals surface area (Å²) in [5, 5.41) is 8.59. The van der Waals surface area contributed by atoms with Crippen LogP contribution in [0.5, 0.6) is 0 Å². The molecule has 0 unspecified atom stereocenters. The predicted octanol–water partition coefficient (Wildman–Crippen LogP) is 1.20. The average Bonchev–Trinajstić information content (AvgIpc) is 2.44. The lowest BCUT2D eigenvalue weighted by molar-refractivity contribution is -0.151. The molecule has 1 aliphatic heterocycles. The van der Waals surface area contributed by atoms with Crippen LogP contribution in [0.1, 0.15) is 26.2 Å². The zero-order chi connectivity index (χ0) is 12.1. The standard InChI is InChI=1S/C11H12O5/c1-2-3-4-5-7-8(6-9(12)13)11(15)16-10(7)14/h4-5H,2-3,6H2,1H3,(H,12,13)/b5-4+. The minimum absolute atomic E-state index is 0.0563. The molecule has 0 aliphatic carbocycles. The van der Waals surface area contributed by atoms with Crippen molar-refractivity contribution in [2.24, 2.45) is 0 Å². The summed E-state index contributed by atoms with van der Waals surface area (Å²) in [4.78, 5) is 32.9. The van der Waals surface area contributed by atoms with E-state index in [0.717, 1.165) is 12.8 Å². The predicted molar refractivity (Wildman–Crippen MR) is 54.4 cm³/mol. The van der Waals surface area contributed by atoms with Gasteiger partial charge in [-0.25, -0.2) is 9.59 Å². The molecule has 1 N–H and O–H groups in total. The van der Waals surface area contributed by atoms with E-state index in [0.29, 0.717) is 0 Å². The summed E-state index contributed by atoms with van der Waals surface area (Å²) >= 11 is 0. The number of aliphatic carboxylic acids is 1. The molecule has 86 valence electrons. The van der Waals surface area contributed by atoms with E-state index in [-0.39, 0.29) is 11.1 Å². The van der Waals surface area contributed by atoms with E-state index < -0.39 is 24.3 Å². The van der Waals surface area contributed by atoms with Crippen LogP contribution in [0.25, 0.3) is 0 Å². The van der Waals surface area contributed by atoms with Crippen LogP contribution in [0.4, 0.5) is 0 Å². The normalized spacial score (nSPS) is 16.1. The number of carbonyl (C=O) groups is 3. The van der Waals surface area contributed by atoms with Crippen molar-refractivity contribution in [2.75, 3.05) is 0 Å². The fourth-order valence-electron chi connectivity index (χ4n) is 1.29. The third kappa shape index (κ3) is 2.79. The van der Waals surface area contributed by atoms with Crippen LogP contribution in [-0.2, 0) is 19.1 Å². The van der Waals surface area contributed by atoms with Crippen molar-refractivity contribution in [3.8, 4) is 0 Å². The quantitative estimate of drug-likeness (QED) is 0.560. The lowest BCUT2D eigenvalue weighted by Crippen LogP contribution is -2.05. The number of allylic oxidation sites excluding steroid dienone is 1.